The molecule has 6 heteroatoms. The summed E-state index contributed by atoms with van der Waals surface area (Å²) in [4.78, 5) is 9.80. The zero-order chi connectivity index (χ0) is 42.1. The van der Waals surface area contributed by atoms with Crippen LogP contribution in [0.15, 0.2) is 128 Å². The van der Waals surface area contributed by atoms with E-state index in [1.54, 1.807) is 11.3 Å². The number of hydrogen-bond acceptors (Lipinski definition) is 3. The Morgan fingerprint density at radius 1 is 0.767 bits per heavy atom. The summed E-state index contributed by atoms with van der Waals surface area (Å²) in [6.07, 6.45) is 4.29. The smallest absolute Gasteiger partial charge is 0.0798 e. The van der Waals surface area contributed by atoms with E-state index in [2.05, 4.69) is 205 Å². The van der Waals surface area contributed by atoms with Gasteiger partial charge in [-0.1, -0.05) is 169 Å². The minimum atomic E-state index is -1.34. The molecule has 0 atom stereocenters. The average Bonchev–Trinajstić information content (AvgIpc) is 3.78. The first kappa shape index (κ1) is 45.1. The van der Waals surface area contributed by atoms with Crippen LogP contribution in [0, 0.1) is 22.8 Å². The molecule has 0 unspecified atom stereocenters. The second-order valence-electron chi connectivity index (χ2n) is 19.6. The van der Waals surface area contributed by atoms with Crippen molar-refractivity contribution in [2.45, 2.75) is 93.3 Å². The molecule has 3 nitrogen and oxygen atoms in total. The molecular formula is C54H59IrN3SSi-2. The first-order valence-corrected chi connectivity index (χ1v) is 25.3. The molecule has 8 rings (SSSR count). The van der Waals surface area contributed by atoms with Gasteiger partial charge in [0.1, 0.15) is 0 Å². The number of aromatic nitrogens is 3. The van der Waals surface area contributed by atoms with Gasteiger partial charge in [0.2, 0.25) is 0 Å². The van der Waals surface area contributed by atoms with Gasteiger partial charge < -0.3 is 9.55 Å². The fraction of sp³-hybridized carbons (Fsp3) is 0.296. The van der Waals surface area contributed by atoms with E-state index in [1.807, 2.05) is 18.2 Å². The van der Waals surface area contributed by atoms with E-state index in [1.165, 1.54) is 43.1 Å². The third-order valence-electron chi connectivity index (χ3n) is 10.7. The summed E-state index contributed by atoms with van der Waals surface area (Å²) in [6, 6.07) is 46.7. The van der Waals surface area contributed by atoms with Crippen LogP contribution in [0.1, 0.15) is 72.1 Å². The van der Waals surface area contributed by atoms with Gasteiger partial charge >= 0.3 is 0 Å². The van der Waals surface area contributed by atoms with Crippen molar-refractivity contribution in [2.75, 3.05) is 0 Å². The summed E-state index contributed by atoms with van der Waals surface area (Å²) in [7, 11) is -1.34. The summed E-state index contributed by atoms with van der Waals surface area (Å²) >= 11 is 1.69. The Hall–Kier alpha value is -4.45. The molecule has 0 aliphatic heterocycles. The first-order valence-electron chi connectivity index (χ1n) is 21.0. The molecule has 0 N–H and O–H groups in total. The molecule has 0 saturated carbocycles. The molecule has 0 spiro atoms. The molecule has 0 fully saturated rings. The zero-order valence-corrected chi connectivity index (χ0v) is 41.4. The number of hydrogen-bond donors (Lipinski definition) is 0. The quantitative estimate of drug-likeness (QED) is 0.112. The molecule has 5 aromatic carbocycles. The van der Waals surface area contributed by atoms with Crippen LogP contribution in [-0.2, 0) is 38.4 Å². The largest absolute Gasteiger partial charge is 0.333 e. The Morgan fingerprint density at radius 2 is 1.43 bits per heavy atom. The molecule has 311 valence electrons. The summed E-state index contributed by atoms with van der Waals surface area (Å²) in [5, 5.41) is 6.31. The Balaban J connectivity index is 0.000000243. The number of imidazole rings is 1. The maximum absolute atomic E-state index is 5.12. The van der Waals surface area contributed by atoms with Gasteiger partial charge in [-0.2, -0.15) is 0 Å². The fourth-order valence-corrected chi connectivity index (χ4v) is 10.3. The van der Waals surface area contributed by atoms with Crippen LogP contribution in [0.5, 0.6) is 0 Å². The molecular weight excluding hydrogens is 943 g/mol. The third-order valence-corrected chi connectivity index (χ3v) is 13.6. The third kappa shape index (κ3) is 10.5. The Morgan fingerprint density at radius 3 is 2.05 bits per heavy atom. The normalized spacial score (nSPS) is 12.1. The summed E-state index contributed by atoms with van der Waals surface area (Å²) in [6.45, 7) is 25.4. The van der Waals surface area contributed by atoms with Crippen molar-refractivity contribution in [3.63, 3.8) is 0 Å². The molecule has 3 aromatic heterocycles. The molecule has 0 bridgehead atoms. The van der Waals surface area contributed by atoms with Gasteiger partial charge in [0.15, 0.2) is 0 Å². The molecule has 0 saturated heterocycles. The van der Waals surface area contributed by atoms with Gasteiger partial charge in [-0.3, -0.25) is 16.3 Å². The summed E-state index contributed by atoms with van der Waals surface area (Å²) in [5.41, 5.74) is 13.4. The van der Waals surface area contributed by atoms with Crippen molar-refractivity contribution in [1.82, 2.24) is 14.5 Å². The minimum absolute atomic E-state index is 0. The Kier molecular flexibility index (Phi) is 13.7. The average molecular weight is 1000 g/mol. The van der Waals surface area contributed by atoms with E-state index in [4.69, 9.17) is 4.98 Å². The number of pyridine rings is 1. The van der Waals surface area contributed by atoms with Crippen LogP contribution >= 0.6 is 11.3 Å². The van der Waals surface area contributed by atoms with Crippen LogP contribution in [0.2, 0.25) is 19.6 Å². The summed E-state index contributed by atoms with van der Waals surface area (Å²) in [5.74, 6) is 1.61. The van der Waals surface area contributed by atoms with Crippen molar-refractivity contribution in [3.8, 4) is 39.5 Å². The van der Waals surface area contributed by atoms with E-state index >= 15 is 0 Å². The van der Waals surface area contributed by atoms with Gasteiger partial charge in [-0.05, 0) is 81.4 Å². The molecule has 8 aromatic rings. The van der Waals surface area contributed by atoms with Crippen LogP contribution in [0.4, 0.5) is 0 Å². The zero-order valence-electron chi connectivity index (χ0n) is 37.2. The van der Waals surface area contributed by atoms with Gasteiger partial charge in [0.05, 0.1) is 24.9 Å². The van der Waals surface area contributed by atoms with E-state index in [-0.39, 0.29) is 30.9 Å². The van der Waals surface area contributed by atoms with Crippen molar-refractivity contribution in [2.24, 2.45) is 11.3 Å². The van der Waals surface area contributed by atoms with Gasteiger partial charge in [0.25, 0.3) is 0 Å². The van der Waals surface area contributed by atoms with Crippen LogP contribution in [0.25, 0.3) is 60.6 Å². The molecule has 0 amide bonds. The first-order chi connectivity index (χ1) is 27.9. The Labute approximate surface area is 377 Å². The Bertz CT molecular complexity index is 2670. The van der Waals surface area contributed by atoms with Crippen LogP contribution < -0.4 is 5.19 Å². The molecule has 0 aliphatic rings. The fourth-order valence-electron chi connectivity index (χ4n) is 7.81. The maximum atomic E-state index is 5.12. The van der Waals surface area contributed by atoms with Gasteiger partial charge in [-0.15, -0.1) is 47.3 Å². The van der Waals surface area contributed by atoms with Crippen molar-refractivity contribution in [1.29, 1.82) is 0 Å². The monoisotopic (exact) mass is 1000 g/mol. The summed E-state index contributed by atoms with van der Waals surface area (Å²) < 4.78 is 3.54. The predicted octanol–water partition coefficient (Wildman–Crippen LogP) is 14.6. The molecule has 3 heterocycles. The van der Waals surface area contributed by atoms with Crippen molar-refractivity contribution >= 4 is 45.7 Å². The predicted molar refractivity (Wildman–Crippen MR) is 258 cm³/mol. The SMILES string of the molecule is CC(C)(C)Cc1ccc2c(-c3nc4ccccc4n3-c3ccc(-c4ccc(C(C)(C)C)cc4)cc3)[c-]sc2c1.CC(C)Cc1cc(-c2[c-]cccc2)ncc1[Si](C)(C)C.[Ir]. The number of thiophene rings is 1. The minimum Gasteiger partial charge on any atom is -0.333 e. The van der Waals surface area contributed by atoms with Gasteiger partial charge in [0, 0.05) is 32.0 Å². The number of nitrogens with zero attached hydrogens (tertiary/aromatic N) is 3. The second-order valence-corrected chi connectivity index (χ2v) is 25.5. The van der Waals surface area contributed by atoms with E-state index in [0.717, 1.165) is 52.2 Å². The number of para-hydroxylation sites is 2. The number of fused-ring (bicyclic) bond motifs is 2. The standard InChI is InChI=1S/C36H35N2S.C18H24NSi.Ir/c1-35(2,3)22-24-11-20-29-30(23-39-33(29)21-24)34-37-31-9-7-8-10-32(31)38(34)28-18-14-26(15-19-28)25-12-16-27(17-13-25)36(4,5)6;1-14(2)11-16-12-17(15-9-7-6-8-10-15)19-13-18(16)20(3,4)5;/h7-21H,22H2,1-6H3;6-9,12-14H,11H2,1-5H3;/q2*-1;. The molecule has 1 radical (unpaired) electrons. The van der Waals surface area contributed by atoms with Crippen molar-refractivity contribution in [3.05, 3.63) is 156 Å². The molecule has 60 heavy (non-hydrogen) atoms. The van der Waals surface area contributed by atoms with E-state index in [9.17, 15) is 0 Å². The topological polar surface area (TPSA) is 30.7 Å². The van der Waals surface area contributed by atoms with Crippen LogP contribution in [-0.4, -0.2) is 22.6 Å². The second kappa shape index (κ2) is 18.3. The van der Waals surface area contributed by atoms with E-state index < -0.39 is 8.07 Å². The molecule has 0 aliphatic carbocycles. The number of benzene rings is 5. The van der Waals surface area contributed by atoms with Crippen LogP contribution in [0.3, 0.4) is 0 Å². The van der Waals surface area contributed by atoms with Crippen molar-refractivity contribution < 1.29 is 20.1 Å². The number of rotatable bonds is 8. The van der Waals surface area contributed by atoms with E-state index in [0.29, 0.717) is 5.92 Å². The van der Waals surface area contributed by atoms with Gasteiger partial charge in [-0.25, -0.2) is 0 Å². The maximum Gasteiger partial charge on any atom is 0.0798 e.